The van der Waals surface area contributed by atoms with Crippen molar-refractivity contribution in [1.29, 1.82) is 0 Å². The van der Waals surface area contributed by atoms with Gasteiger partial charge in [0, 0.05) is 5.70 Å². The van der Waals surface area contributed by atoms with Gasteiger partial charge < -0.3 is 14.4 Å². The van der Waals surface area contributed by atoms with Crippen LogP contribution in [-0.4, -0.2) is 35.7 Å². The van der Waals surface area contributed by atoms with E-state index in [1.54, 1.807) is 6.92 Å². The molecule has 0 saturated heterocycles. The fourth-order valence-electron chi connectivity index (χ4n) is 3.16. The fourth-order valence-corrected chi connectivity index (χ4v) is 4.13. The zero-order valence-corrected chi connectivity index (χ0v) is 16.6. The second-order valence-corrected chi connectivity index (χ2v) is 7.11. The van der Waals surface area contributed by atoms with Gasteiger partial charge in [-0.05, 0) is 31.7 Å². The number of aliphatic imine (C=N–C) groups is 1. The third kappa shape index (κ3) is 3.78. The predicted molar refractivity (Wildman–Crippen MR) is 105 cm³/mol. The van der Waals surface area contributed by atoms with Gasteiger partial charge in [-0.1, -0.05) is 41.6 Å². The maximum Gasteiger partial charge on any atom is 0.338 e. The molecule has 27 heavy (non-hydrogen) atoms. The van der Waals surface area contributed by atoms with Crippen LogP contribution in [0.5, 0.6) is 0 Å². The van der Waals surface area contributed by atoms with E-state index in [-0.39, 0.29) is 12.4 Å². The van der Waals surface area contributed by atoms with Crippen LogP contribution in [0.3, 0.4) is 0 Å². The number of ether oxygens (including phenoxy) is 2. The molecule has 0 bridgehead atoms. The number of methoxy groups -OCH3 is 1. The zero-order valence-electron chi connectivity index (χ0n) is 15.8. The van der Waals surface area contributed by atoms with Gasteiger partial charge in [-0.2, -0.15) is 0 Å². The Labute approximate surface area is 162 Å². The van der Waals surface area contributed by atoms with Crippen molar-refractivity contribution in [2.24, 2.45) is 4.99 Å². The molecule has 0 radical (unpaired) electrons. The topological polar surface area (TPSA) is 68.2 Å². The molecule has 1 aromatic carbocycles. The number of rotatable bonds is 5. The summed E-state index contributed by atoms with van der Waals surface area (Å²) in [6, 6.07) is 7.58. The van der Waals surface area contributed by atoms with Gasteiger partial charge in [0.1, 0.15) is 0 Å². The quantitative estimate of drug-likeness (QED) is 0.719. The van der Waals surface area contributed by atoms with Crippen molar-refractivity contribution in [1.82, 2.24) is 4.90 Å². The number of carbonyl (C=O) groups is 2. The second kappa shape index (κ2) is 8.00. The summed E-state index contributed by atoms with van der Waals surface area (Å²) in [6.45, 7) is 5.92. The van der Waals surface area contributed by atoms with Crippen LogP contribution in [0.25, 0.3) is 0 Å². The number of nitrogens with zero attached hydrogens (tertiary/aromatic N) is 2. The van der Waals surface area contributed by atoms with E-state index < -0.39 is 12.0 Å². The van der Waals surface area contributed by atoms with Crippen molar-refractivity contribution >= 4 is 28.9 Å². The molecular weight excluding hydrogens is 364 g/mol. The van der Waals surface area contributed by atoms with Gasteiger partial charge >= 0.3 is 11.9 Å². The summed E-state index contributed by atoms with van der Waals surface area (Å²) in [5.41, 5.74) is 3.92. The summed E-state index contributed by atoms with van der Waals surface area (Å²) in [4.78, 5) is 31.1. The Balaban J connectivity index is 2.06. The van der Waals surface area contributed by atoms with Crippen molar-refractivity contribution in [3.8, 4) is 0 Å². The lowest BCUT2D eigenvalue weighted by molar-refractivity contribution is -0.142. The lowest BCUT2D eigenvalue weighted by Crippen LogP contribution is -2.37. The molecule has 0 unspecified atom stereocenters. The fraction of sp³-hybridized carbons (Fsp3) is 0.350. The number of fused-ring (bicyclic) bond motifs is 1. The predicted octanol–water partition coefficient (Wildman–Crippen LogP) is 3.70. The minimum absolute atomic E-state index is 0.121. The number of thioether (sulfide) groups is 1. The van der Waals surface area contributed by atoms with Gasteiger partial charge in [-0.25, -0.2) is 9.79 Å². The lowest BCUT2D eigenvalue weighted by Gasteiger charge is -2.36. The van der Waals surface area contributed by atoms with Gasteiger partial charge in [-0.3, -0.25) is 4.79 Å². The molecule has 0 aromatic heterocycles. The minimum atomic E-state index is -0.423. The Kier molecular flexibility index (Phi) is 5.70. The van der Waals surface area contributed by atoms with E-state index in [0.717, 1.165) is 22.0 Å². The monoisotopic (exact) mass is 386 g/mol. The summed E-state index contributed by atoms with van der Waals surface area (Å²) in [5, 5.41) is 2.63. The molecule has 0 aliphatic carbocycles. The van der Waals surface area contributed by atoms with Crippen LogP contribution >= 0.6 is 11.8 Å². The number of benzene rings is 1. The largest absolute Gasteiger partial charge is 0.466 e. The summed E-state index contributed by atoms with van der Waals surface area (Å²) in [7, 11) is 1.36. The lowest BCUT2D eigenvalue weighted by atomic mass is 9.93. The van der Waals surface area contributed by atoms with Crippen LogP contribution in [-0.2, 0) is 19.1 Å². The van der Waals surface area contributed by atoms with E-state index in [1.165, 1.54) is 18.9 Å². The summed E-state index contributed by atoms with van der Waals surface area (Å²) >= 11 is 1.44. The van der Waals surface area contributed by atoms with Crippen LogP contribution in [0, 0.1) is 6.92 Å². The maximum absolute atomic E-state index is 12.6. The molecule has 7 heteroatoms. The SMILES string of the molecule is CCOC(=O)CC1=CSC2=NC(C)=C(C(=O)OC)[C@@H](c3ccc(C)cc3)N12. The first-order valence-electron chi connectivity index (χ1n) is 8.71. The van der Waals surface area contributed by atoms with Gasteiger partial charge in [-0.15, -0.1) is 0 Å². The first kappa shape index (κ1) is 19.2. The van der Waals surface area contributed by atoms with Gasteiger partial charge in [0.25, 0.3) is 0 Å². The molecular formula is C20H22N2O4S. The number of amidine groups is 1. The van der Waals surface area contributed by atoms with Crippen LogP contribution < -0.4 is 0 Å². The third-order valence-corrected chi connectivity index (χ3v) is 5.32. The average molecular weight is 386 g/mol. The maximum atomic E-state index is 12.6. The van der Waals surface area contributed by atoms with Gasteiger partial charge in [0.15, 0.2) is 5.17 Å². The Morgan fingerprint density at radius 1 is 1.22 bits per heavy atom. The Hall–Kier alpha value is -2.54. The number of esters is 2. The molecule has 1 atom stereocenters. The smallest absolute Gasteiger partial charge is 0.338 e. The molecule has 0 fully saturated rings. The molecule has 2 heterocycles. The van der Waals surface area contributed by atoms with E-state index in [1.807, 2.05) is 48.4 Å². The summed E-state index contributed by atoms with van der Waals surface area (Å²) in [6.07, 6.45) is 0.121. The molecule has 3 rings (SSSR count). The highest BCUT2D eigenvalue weighted by atomic mass is 32.2. The Morgan fingerprint density at radius 3 is 2.56 bits per heavy atom. The average Bonchev–Trinajstić information content (AvgIpc) is 3.03. The molecule has 2 aliphatic rings. The molecule has 6 nitrogen and oxygen atoms in total. The number of aryl methyl sites for hydroxylation is 1. The molecule has 0 saturated carbocycles. The van der Waals surface area contributed by atoms with E-state index >= 15 is 0 Å². The molecule has 0 spiro atoms. The van der Waals surface area contributed by atoms with E-state index in [2.05, 4.69) is 4.99 Å². The van der Waals surface area contributed by atoms with Gasteiger partial charge in [0.05, 0.1) is 37.4 Å². The van der Waals surface area contributed by atoms with Crippen molar-refractivity contribution in [2.75, 3.05) is 13.7 Å². The highest BCUT2D eigenvalue weighted by Gasteiger charge is 2.41. The first-order chi connectivity index (χ1) is 13.0. The van der Waals surface area contributed by atoms with Gasteiger partial charge in [0.2, 0.25) is 0 Å². The normalized spacial score (nSPS) is 18.7. The van der Waals surface area contributed by atoms with Crippen LogP contribution in [0.15, 0.2) is 51.6 Å². The van der Waals surface area contributed by atoms with Crippen LogP contribution in [0.1, 0.15) is 37.4 Å². The number of carbonyl (C=O) groups excluding carboxylic acids is 2. The number of allylic oxidation sites excluding steroid dienone is 1. The molecule has 2 aliphatic heterocycles. The highest BCUT2D eigenvalue weighted by molar-refractivity contribution is 8.16. The van der Waals surface area contributed by atoms with Crippen molar-refractivity contribution < 1.29 is 19.1 Å². The minimum Gasteiger partial charge on any atom is -0.466 e. The van der Waals surface area contributed by atoms with Crippen LogP contribution in [0.2, 0.25) is 0 Å². The molecule has 0 amide bonds. The highest BCUT2D eigenvalue weighted by Crippen LogP contribution is 2.44. The van der Waals surface area contributed by atoms with Crippen molar-refractivity contribution in [2.45, 2.75) is 33.2 Å². The Morgan fingerprint density at radius 2 is 1.93 bits per heavy atom. The third-order valence-electron chi connectivity index (χ3n) is 4.43. The zero-order chi connectivity index (χ0) is 19.6. The molecule has 1 aromatic rings. The summed E-state index contributed by atoms with van der Waals surface area (Å²) < 4.78 is 10.1. The standard InChI is InChI=1S/C20H22N2O4S/c1-5-26-16(23)10-15-11-27-20-21-13(3)17(19(24)25-4)18(22(15)20)14-8-6-12(2)7-9-14/h6-9,11,18H,5,10H2,1-4H3/t18-/m1/s1. The first-order valence-corrected chi connectivity index (χ1v) is 9.59. The summed E-state index contributed by atoms with van der Waals surface area (Å²) in [5.74, 6) is -0.729. The Bertz CT molecular complexity index is 855. The number of hydrogen-bond donors (Lipinski definition) is 0. The van der Waals surface area contributed by atoms with E-state index in [9.17, 15) is 9.59 Å². The van der Waals surface area contributed by atoms with Crippen molar-refractivity contribution in [3.63, 3.8) is 0 Å². The number of hydrogen-bond acceptors (Lipinski definition) is 7. The second-order valence-electron chi connectivity index (χ2n) is 6.28. The molecule has 0 N–H and O–H groups in total. The van der Waals surface area contributed by atoms with Crippen LogP contribution in [0.4, 0.5) is 0 Å². The van der Waals surface area contributed by atoms with E-state index in [0.29, 0.717) is 17.9 Å². The van der Waals surface area contributed by atoms with Crippen molar-refractivity contribution in [3.05, 3.63) is 57.8 Å². The van der Waals surface area contributed by atoms with E-state index in [4.69, 9.17) is 9.47 Å². The molecule has 142 valence electrons.